The molecule has 14 heteroatoms. The van der Waals surface area contributed by atoms with Crippen molar-refractivity contribution in [3.63, 3.8) is 0 Å². The molecule has 0 saturated carbocycles. The Morgan fingerprint density at radius 2 is 1.26 bits per heavy atom. The van der Waals surface area contributed by atoms with Gasteiger partial charge in [-0.05, 0) is 68.7 Å². The van der Waals surface area contributed by atoms with Crippen LogP contribution in [0.15, 0.2) is 78.9 Å². The van der Waals surface area contributed by atoms with E-state index in [1.165, 1.54) is 14.2 Å². The quantitative estimate of drug-likeness (QED) is 0.102. The molecule has 10 nitrogen and oxygen atoms in total. The topological polar surface area (TPSA) is 113 Å². The van der Waals surface area contributed by atoms with Crippen LogP contribution in [0.5, 0.6) is 11.5 Å². The Hall–Kier alpha value is -3.45. The Labute approximate surface area is 273 Å². The van der Waals surface area contributed by atoms with Gasteiger partial charge in [0.25, 0.3) is 0 Å². The summed E-state index contributed by atoms with van der Waals surface area (Å²) in [5.74, 6) is -1.04. The molecule has 3 rings (SSSR count). The van der Waals surface area contributed by atoms with E-state index in [1.807, 2.05) is 35.6 Å². The lowest BCUT2D eigenvalue weighted by atomic mass is 9.80. The number of hydrogen-bond donors (Lipinski definition) is 2. The average Bonchev–Trinajstić information content (AvgIpc) is 3.05. The summed E-state index contributed by atoms with van der Waals surface area (Å²) in [6, 6.07) is 21.9. The van der Waals surface area contributed by atoms with E-state index in [1.54, 1.807) is 76.2 Å². The van der Waals surface area contributed by atoms with Gasteiger partial charge in [-0.3, -0.25) is 14.2 Å². The normalized spacial score (nSPS) is 14.5. The highest BCUT2D eigenvalue weighted by Gasteiger charge is 2.57. The zero-order valence-corrected chi connectivity index (χ0v) is 28.4. The average molecular weight is 684 g/mol. The lowest BCUT2D eigenvalue weighted by molar-refractivity contribution is -1.06. The first-order valence-electron chi connectivity index (χ1n) is 14.9. The smallest absolute Gasteiger partial charge is 0.497 e. The number of carbonyl (C=O) groups is 1. The van der Waals surface area contributed by atoms with E-state index in [2.05, 4.69) is 0 Å². The summed E-state index contributed by atoms with van der Waals surface area (Å²) < 4.78 is 75.0. The van der Waals surface area contributed by atoms with Gasteiger partial charge < -0.3 is 19.5 Å². The molecule has 3 aromatic rings. The predicted octanol–water partition coefficient (Wildman–Crippen LogP) is 6.37. The van der Waals surface area contributed by atoms with Crippen molar-refractivity contribution >= 4 is 13.7 Å². The van der Waals surface area contributed by atoms with E-state index in [-0.39, 0.29) is 0 Å². The summed E-state index contributed by atoms with van der Waals surface area (Å²) in [4.78, 5) is 29.3. The van der Waals surface area contributed by atoms with Gasteiger partial charge in [-0.1, -0.05) is 59.0 Å². The highest BCUT2D eigenvalue weighted by atomic mass is 31.2. The van der Waals surface area contributed by atoms with Crippen LogP contribution >= 0.6 is 7.75 Å². The number of methoxy groups -OCH3 is 2. The van der Waals surface area contributed by atoms with Gasteiger partial charge in [-0.25, -0.2) is 0 Å². The van der Waals surface area contributed by atoms with Gasteiger partial charge >= 0.3 is 19.8 Å². The molecular weight excluding hydrogens is 640 g/mol. The summed E-state index contributed by atoms with van der Waals surface area (Å²) in [7, 11) is -0.508. The Morgan fingerprint density at radius 1 is 0.809 bits per heavy atom. The van der Waals surface area contributed by atoms with Crippen LogP contribution < -0.4 is 14.8 Å². The van der Waals surface area contributed by atoms with Crippen LogP contribution in [0.1, 0.15) is 44.4 Å². The first-order chi connectivity index (χ1) is 22.1. The number of ether oxygens (including phenoxy) is 3. The van der Waals surface area contributed by atoms with E-state index in [0.29, 0.717) is 28.2 Å². The number of alkyl halides is 3. The summed E-state index contributed by atoms with van der Waals surface area (Å²) in [6.45, 7) is 5.33. The van der Waals surface area contributed by atoms with Crippen molar-refractivity contribution in [2.45, 2.75) is 57.7 Å². The number of carbonyl (C=O) groups excluding carboxylic acids is 1. The summed E-state index contributed by atoms with van der Waals surface area (Å²) in [6.07, 6.45) is -6.56. The number of quaternary nitrogens is 1. The maximum absolute atomic E-state index is 13.6. The molecular formula is C33H43F3N2O8P+. The van der Waals surface area contributed by atoms with Crippen LogP contribution in [0.25, 0.3) is 0 Å². The van der Waals surface area contributed by atoms with Gasteiger partial charge in [0.15, 0.2) is 6.10 Å². The zero-order chi connectivity index (χ0) is 35.0. The fourth-order valence-electron chi connectivity index (χ4n) is 5.58. The minimum absolute atomic E-state index is 0.450. The van der Waals surface area contributed by atoms with Gasteiger partial charge in [0.1, 0.15) is 29.2 Å². The van der Waals surface area contributed by atoms with Crippen LogP contribution in [0.4, 0.5) is 13.2 Å². The molecule has 0 aliphatic heterocycles. The number of rotatable bonds is 16. The van der Waals surface area contributed by atoms with Crippen molar-refractivity contribution < 1.29 is 55.4 Å². The lowest BCUT2D eigenvalue weighted by Crippen LogP contribution is -2.58. The largest absolute Gasteiger partial charge is 0.561 e. The Balaban J connectivity index is 2.24. The number of halogens is 3. The van der Waals surface area contributed by atoms with Crippen molar-refractivity contribution in [2.75, 3.05) is 34.5 Å². The fraction of sp³-hybridized carbons (Fsp3) is 0.424. The molecule has 0 aromatic heterocycles. The number of hydroxylamine groups is 2. The predicted molar refractivity (Wildman–Crippen MR) is 170 cm³/mol. The molecule has 0 radical (unpaired) electrons. The second-order valence-corrected chi connectivity index (χ2v) is 13.3. The number of hydrogen-bond acceptors (Lipinski definition) is 7. The Kier molecular flexibility index (Phi) is 12.6. The standard InChI is InChI=1S/C33H42F3N2O8P/c1-23(2)38(24(3)4,47(40,41)44-7)46-30(21-37-31(39)33(34,35)36)22-45-32(25-11-9-8-10-12-25,26-13-17-28(42-5)18-14-26)27-15-19-29(43-6)20-16-27/h8-20,23-24,30H,21-22H2,1-7H3,(H-,37,39,40,41)/p+1. The van der Waals surface area contributed by atoms with Crippen LogP contribution in [0.2, 0.25) is 0 Å². The second-order valence-electron chi connectivity index (χ2n) is 11.3. The van der Waals surface area contributed by atoms with E-state index >= 15 is 0 Å². The minimum atomic E-state index is -5.17. The van der Waals surface area contributed by atoms with Gasteiger partial charge in [0, 0.05) is 0 Å². The fourth-order valence-corrected chi connectivity index (χ4v) is 7.25. The van der Waals surface area contributed by atoms with Crippen molar-refractivity contribution in [2.24, 2.45) is 0 Å². The first kappa shape index (κ1) is 38.0. The minimum Gasteiger partial charge on any atom is -0.497 e. The van der Waals surface area contributed by atoms with Gasteiger partial charge in [0.05, 0.1) is 34.5 Å². The molecule has 0 saturated heterocycles. The van der Waals surface area contributed by atoms with Crippen LogP contribution in [0.3, 0.4) is 0 Å². The summed E-state index contributed by atoms with van der Waals surface area (Å²) in [5.41, 5.74) is 0.522. The monoisotopic (exact) mass is 683 g/mol. The molecule has 0 heterocycles. The molecule has 1 amide bonds. The van der Waals surface area contributed by atoms with Gasteiger partial charge in [0.2, 0.25) is 0 Å². The third-order valence-corrected chi connectivity index (χ3v) is 10.1. The number of benzene rings is 3. The first-order valence-corrected chi connectivity index (χ1v) is 16.4. The van der Waals surface area contributed by atoms with E-state index in [0.717, 1.165) is 7.11 Å². The lowest BCUT2D eigenvalue weighted by Gasteiger charge is -2.45. The number of nitrogens with zero attached hydrogens (tertiary/aromatic N) is 1. The van der Waals surface area contributed by atoms with Crippen LogP contribution in [0, 0.1) is 0 Å². The van der Waals surface area contributed by atoms with Crippen molar-refractivity contribution in [1.29, 1.82) is 0 Å². The molecule has 0 spiro atoms. The summed E-state index contributed by atoms with van der Waals surface area (Å²) in [5, 5.41) is 1.85. The van der Waals surface area contributed by atoms with Crippen LogP contribution in [-0.2, 0) is 29.1 Å². The Morgan fingerprint density at radius 3 is 1.64 bits per heavy atom. The summed E-state index contributed by atoms with van der Waals surface area (Å²) >= 11 is 0. The molecule has 0 fully saturated rings. The highest BCUT2D eigenvalue weighted by Crippen LogP contribution is 2.57. The van der Waals surface area contributed by atoms with Gasteiger partial charge in [-0.2, -0.15) is 22.6 Å². The Bertz CT molecular complexity index is 1430. The molecule has 0 aliphatic rings. The maximum Gasteiger partial charge on any atom is 0.561 e. The molecule has 0 aliphatic carbocycles. The molecule has 2 N–H and O–H groups in total. The van der Waals surface area contributed by atoms with Crippen molar-refractivity contribution in [3.05, 3.63) is 95.6 Å². The maximum atomic E-state index is 13.6. The highest BCUT2D eigenvalue weighted by molar-refractivity contribution is 7.46. The van der Waals surface area contributed by atoms with Gasteiger partial charge in [-0.15, -0.1) is 0 Å². The van der Waals surface area contributed by atoms with E-state index in [4.69, 9.17) is 23.6 Å². The van der Waals surface area contributed by atoms with Crippen molar-refractivity contribution in [1.82, 2.24) is 5.32 Å². The van der Waals surface area contributed by atoms with Crippen LogP contribution in [-0.4, -0.2) is 74.1 Å². The third kappa shape index (κ3) is 8.17. The van der Waals surface area contributed by atoms with E-state index in [9.17, 15) is 27.4 Å². The van der Waals surface area contributed by atoms with Crippen molar-refractivity contribution in [3.8, 4) is 11.5 Å². The van der Waals surface area contributed by atoms with E-state index < -0.39 is 61.2 Å². The molecule has 0 bridgehead atoms. The molecule has 47 heavy (non-hydrogen) atoms. The molecule has 2 atom stereocenters. The SMILES string of the molecule is COc1ccc(C(OCC(CNC(=O)C(F)(F)F)O[N+](C(C)C)(C(C)C)P(=O)(O)OC)(c2ccccc2)c2ccc(OC)cc2)cc1. The molecule has 2 unspecified atom stereocenters. The third-order valence-electron chi connectivity index (χ3n) is 7.84. The number of nitrogens with one attached hydrogen (secondary N) is 1. The second kappa shape index (κ2) is 15.6. The molecule has 3 aromatic carbocycles. The number of amides is 1. The molecule has 258 valence electrons. The zero-order valence-electron chi connectivity index (χ0n) is 27.5.